The Morgan fingerprint density at radius 3 is 2.62 bits per heavy atom. The Morgan fingerprint density at radius 1 is 1.18 bits per heavy atom. The molecule has 1 fully saturated rings. The van der Waals surface area contributed by atoms with E-state index in [4.69, 9.17) is 22.3 Å². The van der Waals surface area contributed by atoms with Gasteiger partial charge in [-0.25, -0.2) is 4.98 Å². The summed E-state index contributed by atoms with van der Waals surface area (Å²) in [5.74, 6) is 0.123. The Hall–Kier alpha value is -3.28. The van der Waals surface area contributed by atoms with Crippen molar-refractivity contribution in [3.05, 3.63) is 75.2 Å². The maximum atomic E-state index is 12.9. The number of primary amides is 1. The number of hydrogen-bond acceptors (Lipinski definition) is 7. The van der Waals surface area contributed by atoms with Crippen LogP contribution in [0.5, 0.6) is 0 Å². The topological polar surface area (TPSA) is 143 Å². The molecule has 1 atom stereocenters. The van der Waals surface area contributed by atoms with Crippen LogP contribution in [0.3, 0.4) is 0 Å². The molecule has 5 rings (SSSR count). The molecule has 13 heteroatoms. The van der Waals surface area contributed by atoms with Crippen molar-refractivity contribution in [2.45, 2.75) is 13.0 Å². The zero-order valence-electron chi connectivity index (χ0n) is 21.8. The van der Waals surface area contributed by atoms with E-state index in [1.54, 1.807) is 36.5 Å². The number of halogens is 3. The summed E-state index contributed by atoms with van der Waals surface area (Å²) in [6.07, 6.45) is 0.744. The van der Waals surface area contributed by atoms with Crippen molar-refractivity contribution >= 4 is 64.7 Å². The number of hydrogen-bond donors (Lipinski definition) is 5. The third-order valence-electron chi connectivity index (χ3n) is 6.80. The second-order valence-corrected chi connectivity index (χ2v) is 9.96. The third kappa shape index (κ3) is 6.89. The van der Waals surface area contributed by atoms with E-state index in [9.17, 15) is 14.7 Å². The molecule has 214 valence electrons. The molecule has 1 aliphatic heterocycles. The molecule has 40 heavy (non-hydrogen) atoms. The van der Waals surface area contributed by atoms with Crippen molar-refractivity contribution < 1.29 is 9.90 Å². The van der Waals surface area contributed by atoms with Gasteiger partial charge in [-0.1, -0.05) is 23.7 Å². The Balaban J connectivity index is 0.00000220. The molecule has 0 aliphatic carbocycles. The number of pyridine rings is 1. The Kier molecular flexibility index (Phi) is 10.5. The molecule has 0 spiro atoms. The number of nitrogens with two attached hydrogens (primary N) is 1. The van der Waals surface area contributed by atoms with E-state index in [0.29, 0.717) is 27.7 Å². The van der Waals surface area contributed by atoms with Gasteiger partial charge < -0.3 is 31.0 Å². The first-order chi connectivity index (χ1) is 18.3. The number of piperazine rings is 1. The standard InChI is InChI=1S/C27H30ClN7O3.2ClH/c1-16-11-19(35-9-7-34(8-10-35)15-23(29)37)13-21-25(16)33-26(32-21)24-20(5-6-30-27(24)38)31-14-22(36)17-3-2-4-18(28)12-17;;/h2-6,11-13,22,36H,7-10,14-15H2,1H3,(H2,29,37)(H,32,33)(H2,30,31,38);2*1H/t22-;;/m1../s1. The number of nitrogens with one attached hydrogen (secondary N) is 3. The molecule has 0 saturated carbocycles. The Bertz CT molecular complexity index is 1530. The van der Waals surface area contributed by atoms with Gasteiger partial charge in [-0.05, 0) is 48.4 Å². The van der Waals surface area contributed by atoms with Crippen LogP contribution in [0.15, 0.2) is 53.5 Å². The van der Waals surface area contributed by atoms with Crippen LogP contribution in [-0.4, -0.2) is 70.1 Å². The van der Waals surface area contributed by atoms with Crippen LogP contribution in [0, 0.1) is 6.92 Å². The minimum atomic E-state index is -0.815. The molecule has 0 radical (unpaired) electrons. The molecule has 1 aliphatic rings. The molecule has 3 heterocycles. The van der Waals surface area contributed by atoms with Crippen molar-refractivity contribution in [2.24, 2.45) is 5.73 Å². The lowest BCUT2D eigenvalue weighted by Gasteiger charge is -2.35. The molecular formula is C27H32Cl3N7O3. The van der Waals surface area contributed by atoms with Gasteiger partial charge in [0.1, 0.15) is 11.4 Å². The molecule has 10 nitrogen and oxygen atoms in total. The first-order valence-electron chi connectivity index (χ1n) is 12.4. The monoisotopic (exact) mass is 607 g/mol. The number of anilines is 2. The largest absolute Gasteiger partial charge is 0.387 e. The van der Waals surface area contributed by atoms with Crippen molar-refractivity contribution in [3.8, 4) is 11.4 Å². The Labute approximate surface area is 248 Å². The van der Waals surface area contributed by atoms with Crippen molar-refractivity contribution in [1.82, 2.24) is 19.9 Å². The fraction of sp³-hybridized carbons (Fsp3) is 0.296. The van der Waals surface area contributed by atoms with E-state index in [0.717, 1.165) is 48.5 Å². The second-order valence-electron chi connectivity index (χ2n) is 9.52. The van der Waals surface area contributed by atoms with Gasteiger partial charge >= 0.3 is 0 Å². The number of nitrogens with zero attached hydrogens (tertiary/aromatic N) is 3. The number of amides is 1. The molecule has 0 bridgehead atoms. The summed E-state index contributed by atoms with van der Waals surface area (Å²) in [6.45, 7) is 5.51. The average Bonchev–Trinajstić information content (AvgIpc) is 3.31. The van der Waals surface area contributed by atoms with Gasteiger partial charge in [0.15, 0.2) is 0 Å². The van der Waals surface area contributed by atoms with Crippen LogP contribution in [0.4, 0.5) is 11.4 Å². The minimum Gasteiger partial charge on any atom is -0.387 e. The first-order valence-corrected chi connectivity index (χ1v) is 12.8. The number of aromatic amines is 2. The normalized spacial score (nSPS) is 14.3. The summed E-state index contributed by atoms with van der Waals surface area (Å²) in [6, 6.07) is 12.9. The number of rotatable bonds is 8. The molecule has 6 N–H and O–H groups in total. The lowest BCUT2D eigenvalue weighted by atomic mass is 10.1. The number of aliphatic hydroxyl groups is 1. The molecule has 2 aromatic carbocycles. The Morgan fingerprint density at radius 2 is 1.93 bits per heavy atom. The third-order valence-corrected chi connectivity index (χ3v) is 7.03. The fourth-order valence-electron chi connectivity index (χ4n) is 4.86. The van der Waals surface area contributed by atoms with Crippen LogP contribution < -0.4 is 21.5 Å². The predicted octanol–water partition coefficient (Wildman–Crippen LogP) is 3.48. The highest BCUT2D eigenvalue weighted by Crippen LogP contribution is 2.30. The second kappa shape index (κ2) is 13.4. The van der Waals surface area contributed by atoms with Crippen LogP contribution in [0.1, 0.15) is 17.2 Å². The van der Waals surface area contributed by atoms with E-state index in [2.05, 4.69) is 31.2 Å². The zero-order chi connectivity index (χ0) is 26.8. The summed E-state index contributed by atoms with van der Waals surface area (Å²) in [5, 5.41) is 14.4. The average molecular weight is 609 g/mol. The lowest BCUT2D eigenvalue weighted by Crippen LogP contribution is -2.48. The summed E-state index contributed by atoms with van der Waals surface area (Å²) in [4.78, 5) is 39.3. The number of aliphatic hydroxyl groups excluding tert-OH is 1. The van der Waals surface area contributed by atoms with E-state index >= 15 is 0 Å². The summed E-state index contributed by atoms with van der Waals surface area (Å²) < 4.78 is 0. The van der Waals surface area contributed by atoms with Gasteiger partial charge in [-0.2, -0.15) is 0 Å². The summed E-state index contributed by atoms with van der Waals surface area (Å²) in [5.41, 5.74) is 10.3. The number of benzene rings is 2. The van der Waals surface area contributed by atoms with E-state index in [1.165, 1.54) is 0 Å². The maximum absolute atomic E-state index is 12.9. The number of aryl methyl sites for hydroxylation is 1. The van der Waals surface area contributed by atoms with E-state index in [-0.39, 0.29) is 49.4 Å². The van der Waals surface area contributed by atoms with Crippen LogP contribution in [0.2, 0.25) is 5.02 Å². The predicted molar refractivity (Wildman–Crippen MR) is 164 cm³/mol. The van der Waals surface area contributed by atoms with Crippen molar-refractivity contribution in [3.63, 3.8) is 0 Å². The van der Waals surface area contributed by atoms with Gasteiger partial charge in [-0.3, -0.25) is 14.5 Å². The fourth-order valence-corrected chi connectivity index (χ4v) is 5.06. The highest BCUT2D eigenvalue weighted by Gasteiger charge is 2.21. The summed E-state index contributed by atoms with van der Waals surface area (Å²) >= 11 is 6.06. The number of imidazole rings is 1. The number of carbonyl (C=O) groups excluding carboxylic acids is 1. The quantitative estimate of drug-likeness (QED) is 0.206. The zero-order valence-corrected chi connectivity index (χ0v) is 24.2. The van der Waals surface area contributed by atoms with E-state index in [1.807, 2.05) is 13.0 Å². The van der Waals surface area contributed by atoms with Crippen LogP contribution >= 0.6 is 36.4 Å². The number of fused-ring (bicyclic) bond motifs is 1. The van der Waals surface area contributed by atoms with Crippen LogP contribution in [0.25, 0.3) is 22.4 Å². The van der Waals surface area contributed by atoms with Gasteiger partial charge in [0, 0.05) is 49.6 Å². The minimum absolute atomic E-state index is 0. The molecule has 0 unspecified atom stereocenters. The van der Waals surface area contributed by atoms with Crippen molar-refractivity contribution in [1.29, 1.82) is 0 Å². The smallest absolute Gasteiger partial charge is 0.261 e. The molecular weight excluding hydrogens is 577 g/mol. The van der Waals surface area contributed by atoms with Gasteiger partial charge in [0.2, 0.25) is 5.91 Å². The van der Waals surface area contributed by atoms with Crippen molar-refractivity contribution in [2.75, 3.05) is 49.5 Å². The lowest BCUT2D eigenvalue weighted by molar-refractivity contribution is -0.119. The SMILES string of the molecule is Cc1cc(N2CCN(CC(N)=O)CC2)cc2[nH]c(-c3c(NC[C@@H](O)c4cccc(Cl)c4)cc[nH]c3=O)nc12.Cl.Cl. The van der Waals surface area contributed by atoms with Crippen LogP contribution in [-0.2, 0) is 4.79 Å². The highest BCUT2D eigenvalue weighted by molar-refractivity contribution is 6.30. The number of H-pyrrole nitrogens is 2. The van der Waals surface area contributed by atoms with E-state index < -0.39 is 6.10 Å². The molecule has 1 amide bonds. The first kappa shape index (κ1) is 31.3. The number of aromatic nitrogens is 3. The summed E-state index contributed by atoms with van der Waals surface area (Å²) in [7, 11) is 0. The highest BCUT2D eigenvalue weighted by atomic mass is 35.5. The molecule has 2 aromatic heterocycles. The van der Waals surface area contributed by atoms with Gasteiger partial charge in [0.05, 0.1) is 29.4 Å². The van der Waals surface area contributed by atoms with Gasteiger partial charge in [-0.15, -0.1) is 24.8 Å². The van der Waals surface area contributed by atoms with Gasteiger partial charge in [0.25, 0.3) is 5.56 Å². The molecule has 1 saturated heterocycles. The number of carbonyl (C=O) groups is 1. The molecule has 4 aromatic rings. The maximum Gasteiger partial charge on any atom is 0.261 e.